The van der Waals surface area contributed by atoms with Gasteiger partial charge in [-0.15, -0.1) is 11.6 Å². The molecular formula is C16H19ClN4. The van der Waals surface area contributed by atoms with Crippen LogP contribution in [0.25, 0.3) is 11.0 Å². The van der Waals surface area contributed by atoms with Crippen molar-refractivity contribution in [1.29, 1.82) is 0 Å². The summed E-state index contributed by atoms with van der Waals surface area (Å²) in [5.41, 5.74) is 5.83. The number of para-hydroxylation sites is 1. The highest BCUT2D eigenvalue weighted by atomic mass is 35.5. The molecule has 0 fully saturated rings. The van der Waals surface area contributed by atoms with Gasteiger partial charge in [-0.2, -0.15) is 5.10 Å². The van der Waals surface area contributed by atoms with Crippen molar-refractivity contribution in [3.05, 3.63) is 47.0 Å². The Hall–Kier alpha value is -1.81. The van der Waals surface area contributed by atoms with Gasteiger partial charge in [0.2, 0.25) is 0 Å². The van der Waals surface area contributed by atoms with Gasteiger partial charge < -0.3 is 4.57 Å². The summed E-state index contributed by atoms with van der Waals surface area (Å²) in [5.74, 6) is 1.62. The summed E-state index contributed by atoms with van der Waals surface area (Å²) < 4.78 is 4.16. The Kier molecular flexibility index (Phi) is 3.72. The van der Waals surface area contributed by atoms with Crippen LogP contribution < -0.4 is 0 Å². The molecule has 0 spiro atoms. The molecule has 1 aromatic carbocycles. The Morgan fingerprint density at radius 2 is 2.05 bits per heavy atom. The first-order chi connectivity index (χ1) is 10.1. The number of halogens is 1. The van der Waals surface area contributed by atoms with Gasteiger partial charge in [-0.05, 0) is 25.5 Å². The summed E-state index contributed by atoms with van der Waals surface area (Å²) in [4.78, 5) is 4.79. The van der Waals surface area contributed by atoms with E-state index in [2.05, 4.69) is 41.7 Å². The maximum Gasteiger partial charge on any atom is 0.111 e. The average Bonchev–Trinajstić information content (AvgIpc) is 2.97. The molecule has 4 nitrogen and oxygen atoms in total. The van der Waals surface area contributed by atoms with Crippen LogP contribution in [0, 0.1) is 13.8 Å². The molecule has 3 rings (SSSR count). The minimum atomic E-state index is 0.578. The molecule has 0 aliphatic rings. The normalized spacial score (nSPS) is 11.4. The van der Waals surface area contributed by atoms with Crippen molar-refractivity contribution in [3.63, 3.8) is 0 Å². The third kappa shape index (κ3) is 2.44. The molecule has 21 heavy (non-hydrogen) atoms. The first kappa shape index (κ1) is 14.1. The predicted octanol–water partition coefficient (Wildman–Crippen LogP) is 3.22. The van der Waals surface area contributed by atoms with Gasteiger partial charge in [-0.25, -0.2) is 4.98 Å². The lowest BCUT2D eigenvalue weighted by atomic mass is 10.2. The molecule has 0 radical (unpaired) electrons. The molecule has 0 amide bonds. The molecule has 2 aromatic heterocycles. The molecule has 0 saturated carbocycles. The Balaban J connectivity index is 2.13. The lowest BCUT2D eigenvalue weighted by molar-refractivity contribution is 0.724. The smallest absolute Gasteiger partial charge is 0.111 e. The van der Waals surface area contributed by atoms with Crippen molar-refractivity contribution in [2.75, 3.05) is 5.88 Å². The summed E-state index contributed by atoms with van der Waals surface area (Å²) in [6, 6.07) is 6.30. The maximum atomic E-state index is 5.94. The van der Waals surface area contributed by atoms with Gasteiger partial charge in [0.05, 0.1) is 23.8 Å². The molecule has 0 aliphatic heterocycles. The number of nitrogens with zero attached hydrogens (tertiary/aromatic N) is 4. The van der Waals surface area contributed by atoms with Crippen LogP contribution in [0.2, 0.25) is 0 Å². The van der Waals surface area contributed by atoms with Gasteiger partial charge in [0.25, 0.3) is 0 Å². The lowest BCUT2D eigenvalue weighted by Crippen LogP contribution is -2.07. The van der Waals surface area contributed by atoms with Crippen molar-refractivity contribution < 1.29 is 0 Å². The number of benzene rings is 1. The lowest BCUT2D eigenvalue weighted by Gasteiger charge is -2.08. The van der Waals surface area contributed by atoms with E-state index in [0.29, 0.717) is 5.88 Å². The topological polar surface area (TPSA) is 35.6 Å². The molecule has 0 aliphatic carbocycles. The number of hydrogen-bond acceptors (Lipinski definition) is 2. The zero-order valence-electron chi connectivity index (χ0n) is 12.6. The largest absolute Gasteiger partial charge is 0.323 e. The summed E-state index contributed by atoms with van der Waals surface area (Å²) in [7, 11) is 1.97. The highest BCUT2D eigenvalue weighted by molar-refractivity contribution is 6.17. The van der Waals surface area contributed by atoms with Crippen LogP contribution in [0.15, 0.2) is 24.4 Å². The number of aryl methyl sites for hydroxylation is 3. The molecule has 0 N–H and O–H groups in total. The van der Waals surface area contributed by atoms with Gasteiger partial charge in [0.1, 0.15) is 5.82 Å². The van der Waals surface area contributed by atoms with Crippen LogP contribution in [0.3, 0.4) is 0 Å². The summed E-state index contributed by atoms with van der Waals surface area (Å²) in [5, 5.41) is 4.33. The second-order valence-corrected chi connectivity index (χ2v) is 5.75. The Labute approximate surface area is 129 Å². The molecule has 0 bridgehead atoms. The SMILES string of the molecule is Cc1cccc2c1nc(CCCl)n2Cc1cnn(C)c1C. The standard InChI is InChI=1S/C16H19ClN4/c1-11-5-4-6-14-16(11)19-15(7-8-17)21(14)10-13-9-18-20(3)12(13)2/h4-6,9H,7-8,10H2,1-3H3. The highest BCUT2D eigenvalue weighted by Gasteiger charge is 2.14. The zero-order valence-corrected chi connectivity index (χ0v) is 13.4. The average molecular weight is 303 g/mol. The van der Waals surface area contributed by atoms with E-state index < -0.39 is 0 Å². The van der Waals surface area contributed by atoms with Crippen LogP contribution >= 0.6 is 11.6 Å². The van der Waals surface area contributed by atoms with Crippen molar-refractivity contribution in [2.24, 2.45) is 7.05 Å². The summed E-state index contributed by atoms with van der Waals surface area (Å²) in [6.07, 6.45) is 2.70. The van der Waals surface area contributed by atoms with Gasteiger partial charge in [-0.3, -0.25) is 4.68 Å². The van der Waals surface area contributed by atoms with Gasteiger partial charge in [0.15, 0.2) is 0 Å². The van der Waals surface area contributed by atoms with Crippen molar-refractivity contribution >= 4 is 22.6 Å². The fourth-order valence-corrected chi connectivity index (χ4v) is 2.83. The van der Waals surface area contributed by atoms with Crippen LogP contribution in [0.1, 0.15) is 22.6 Å². The molecule has 3 aromatic rings. The second-order valence-electron chi connectivity index (χ2n) is 5.37. The van der Waals surface area contributed by atoms with Crippen LogP contribution in [0.5, 0.6) is 0 Å². The number of imidazole rings is 1. The minimum Gasteiger partial charge on any atom is -0.323 e. The third-order valence-electron chi connectivity index (χ3n) is 4.04. The van der Waals surface area contributed by atoms with Gasteiger partial charge in [0, 0.05) is 30.6 Å². The van der Waals surface area contributed by atoms with Gasteiger partial charge in [-0.1, -0.05) is 12.1 Å². The monoisotopic (exact) mass is 302 g/mol. The first-order valence-corrected chi connectivity index (χ1v) is 7.63. The molecule has 0 saturated heterocycles. The second kappa shape index (κ2) is 5.53. The van der Waals surface area contributed by atoms with Crippen molar-refractivity contribution in [3.8, 4) is 0 Å². The molecule has 0 atom stereocenters. The van der Waals surface area contributed by atoms with Crippen LogP contribution in [0.4, 0.5) is 0 Å². The predicted molar refractivity (Wildman–Crippen MR) is 85.9 cm³/mol. The summed E-state index contributed by atoms with van der Waals surface area (Å²) in [6.45, 7) is 4.97. The number of aromatic nitrogens is 4. The molecule has 110 valence electrons. The Bertz CT molecular complexity index is 785. The summed E-state index contributed by atoms with van der Waals surface area (Å²) >= 11 is 5.94. The van der Waals surface area contributed by atoms with E-state index >= 15 is 0 Å². The molecular weight excluding hydrogens is 284 g/mol. The highest BCUT2D eigenvalue weighted by Crippen LogP contribution is 2.22. The quantitative estimate of drug-likeness (QED) is 0.694. The van der Waals surface area contributed by atoms with E-state index in [-0.39, 0.29) is 0 Å². The molecule has 0 unspecified atom stereocenters. The fraction of sp³-hybridized carbons (Fsp3) is 0.375. The molecule has 2 heterocycles. The number of hydrogen-bond donors (Lipinski definition) is 0. The maximum absolute atomic E-state index is 5.94. The van der Waals surface area contributed by atoms with Crippen LogP contribution in [-0.4, -0.2) is 25.2 Å². The fourth-order valence-electron chi connectivity index (χ4n) is 2.66. The van der Waals surface area contributed by atoms with Crippen LogP contribution in [-0.2, 0) is 20.0 Å². The number of fused-ring (bicyclic) bond motifs is 1. The third-order valence-corrected chi connectivity index (χ3v) is 4.23. The Morgan fingerprint density at radius 1 is 1.24 bits per heavy atom. The van der Waals surface area contributed by atoms with E-state index in [1.165, 1.54) is 22.3 Å². The van der Waals surface area contributed by atoms with Crippen molar-refractivity contribution in [2.45, 2.75) is 26.8 Å². The zero-order chi connectivity index (χ0) is 15.0. The first-order valence-electron chi connectivity index (χ1n) is 7.10. The van der Waals surface area contributed by atoms with E-state index in [9.17, 15) is 0 Å². The number of rotatable bonds is 4. The van der Waals surface area contributed by atoms with Gasteiger partial charge >= 0.3 is 0 Å². The van der Waals surface area contributed by atoms with E-state index in [0.717, 1.165) is 24.3 Å². The minimum absolute atomic E-state index is 0.578. The van der Waals surface area contributed by atoms with Crippen molar-refractivity contribution in [1.82, 2.24) is 19.3 Å². The van der Waals surface area contributed by atoms with E-state index in [1.54, 1.807) is 0 Å². The Morgan fingerprint density at radius 3 is 2.71 bits per heavy atom. The van der Waals surface area contributed by atoms with E-state index in [4.69, 9.17) is 16.6 Å². The molecule has 5 heteroatoms. The number of alkyl halides is 1. The van der Waals surface area contributed by atoms with E-state index in [1.807, 2.05) is 17.9 Å².